The van der Waals surface area contributed by atoms with Gasteiger partial charge in [-0.2, -0.15) is 0 Å². The normalized spacial score (nSPS) is 12.6. The fourth-order valence-electron chi connectivity index (χ4n) is 2.47. The number of benzene rings is 1. The molecule has 0 aliphatic rings. The van der Waals surface area contributed by atoms with Gasteiger partial charge < -0.3 is 5.11 Å². The third-order valence-corrected chi connectivity index (χ3v) is 3.87. The van der Waals surface area contributed by atoms with Crippen molar-refractivity contribution in [3.8, 4) is 0 Å². The molecular weight excluding hydrogens is 256 g/mol. The highest BCUT2D eigenvalue weighted by atomic mass is 35.5. The van der Waals surface area contributed by atoms with Gasteiger partial charge in [0.05, 0.1) is 0 Å². The zero-order valence-corrected chi connectivity index (χ0v) is 12.8. The molecule has 1 rings (SSSR count). The smallest absolute Gasteiger partial charge is 0.0462 e. The number of aliphatic hydroxyl groups excluding tert-OH is 1. The van der Waals surface area contributed by atoms with Crippen LogP contribution in [0.4, 0.5) is 0 Å². The van der Waals surface area contributed by atoms with Crippen LogP contribution in [0.5, 0.6) is 0 Å². The summed E-state index contributed by atoms with van der Waals surface area (Å²) in [6.07, 6.45) is 9.93. The molecule has 0 spiro atoms. The van der Waals surface area contributed by atoms with Gasteiger partial charge in [-0.15, -0.1) is 0 Å². The summed E-state index contributed by atoms with van der Waals surface area (Å²) in [5.74, 6) is 0.379. The Morgan fingerprint density at radius 3 is 2.53 bits per heavy atom. The first-order valence-electron chi connectivity index (χ1n) is 7.61. The first kappa shape index (κ1) is 16.5. The van der Waals surface area contributed by atoms with Gasteiger partial charge >= 0.3 is 0 Å². The molecule has 1 unspecified atom stereocenters. The topological polar surface area (TPSA) is 20.2 Å². The van der Waals surface area contributed by atoms with E-state index in [1.807, 2.05) is 18.2 Å². The van der Waals surface area contributed by atoms with Crippen molar-refractivity contribution in [1.29, 1.82) is 0 Å². The Kier molecular flexibility index (Phi) is 8.94. The summed E-state index contributed by atoms with van der Waals surface area (Å²) in [4.78, 5) is 0. The van der Waals surface area contributed by atoms with Crippen LogP contribution in [-0.4, -0.2) is 11.7 Å². The second-order valence-corrected chi connectivity index (χ2v) is 5.88. The summed E-state index contributed by atoms with van der Waals surface area (Å²) in [6.45, 7) is 2.52. The van der Waals surface area contributed by atoms with Crippen LogP contribution >= 0.6 is 11.6 Å². The fraction of sp³-hybridized carbons (Fsp3) is 0.647. The van der Waals surface area contributed by atoms with Gasteiger partial charge in [0.25, 0.3) is 0 Å². The van der Waals surface area contributed by atoms with Crippen molar-refractivity contribution in [3.05, 3.63) is 34.9 Å². The Hall–Kier alpha value is -0.530. The van der Waals surface area contributed by atoms with Crippen LogP contribution in [0.15, 0.2) is 24.3 Å². The zero-order chi connectivity index (χ0) is 13.9. The van der Waals surface area contributed by atoms with Crippen molar-refractivity contribution in [2.24, 2.45) is 5.92 Å². The van der Waals surface area contributed by atoms with Gasteiger partial charge in [0.15, 0.2) is 0 Å². The fourth-order valence-corrected chi connectivity index (χ4v) is 2.68. The standard InChI is InChI=1S/C17H27ClO/c1-2-3-4-5-6-7-9-16(14-19)12-15-10-8-11-17(18)13-15/h8,10-11,13,16,19H,2-7,9,12,14H2,1H3. The molecule has 1 aromatic rings. The molecule has 0 fully saturated rings. The molecule has 0 heterocycles. The van der Waals surface area contributed by atoms with Crippen LogP contribution < -0.4 is 0 Å². The van der Waals surface area contributed by atoms with E-state index in [1.54, 1.807) is 0 Å². The molecule has 2 heteroatoms. The largest absolute Gasteiger partial charge is 0.396 e. The van der Waals surface area contributed by atoms with Gasteiger partial charge in [0.2, 0.25) is 0 Å². The number of halogens is 1. The van der Waals surface area contributed by atoms with Gasteiger partial charge in [0, 0.05) is 11.6 Å². The molecule has 0 aliphatic heterocycles. The quantitative estimate of drug-likeness (QED) is 0.582. The highest BCUT2D eigenvalue weighted by Crippen LogP contribution is 2.19. The van der Waals surface area contributed by atoms with Crippen molar-refractivity contribution in [3.63, 3.8) is 0 Å². The average Bonchev–Trinajstić information content (AvgIpc) is 2.41. The summed E-state index contributed by atoms with van der Waals surface area (Å²) < 4.78 is 0. The van der Waals surface area contributed by atoms with Crippen molar-refractivity contribution in [1.82, 2.24) is 0 Å². The van der Waals surface area contributed by atoms with E-state index in [2.05, 4.69) is 13.0 Å². The number of hydrogen-bond donors (Lipinski definition) is 1. The highest BCUT2D eigenvalue weighted by molar-refractivity contribution is 6.30. The van der Waals surface area contributed by atoms with E-state index in [4.69, 9.17) is 11.6 Å². The number of aliphatic hydroxyl groups is 1. The van der Waals surface area contributed by atoms with E-state index in [9.17, 15) is 5.11 Å². The summed E-state index contributed by atoms with van der Waals surface area (Å²) in [6, 6.07) is 7.98. The Balaban J connectivity index is 2.22. The minimum atomic E-state index is 0.279. The van der Waals surface area contributed by atoms with Crippen LogP contribution in [0.3, 0.4) is 0 Å². The molecule has 0 aromatic heterocycles. The molecule has 0 bridgehead atoms. The highest BCUT2D eigenvalue weighted by Gasteiger charge is 2.08. The number of hydrogen-bond acceptors (Lipinski definition) is 1. The van der Waals surface area contributed by atoms with Gasteiger partial charge in [-0.05, 0) is 36.5 Å². The first-order valence-corrected chi connectivity index (χ1v) is 7.99. The van der Waals surface area contributed by atoms with Crippen molar-refractivity contribution < 1.29 is 5.11 Å². The number of unbranched alkanes of at least 4 members (excludes halogenated alkanes) is 5. The van der Waals surface area contributed by atoms with Crippen molar-refractivity contribution in [2.75, 3.05) is 6.61 Å². The van der Waals surface area contributed by atoms with E-state index in [1.165, 1.54) is 44.1 Å². The lowest BCUT2D eigenvalue weighted by Gasteiger charge is -2.14. The summed E-state index contributed by atoms with van der Waals surface area (Å²) >= 11 is 5.98. The SMILES string of the molecule is CCCCCCCCC(CO)Cc1cccc(Cl)c1. The van der Waals surface area contributed by atoms with Crippen molar-refractivity contribution >= 4 is 11.6 Å². The summed E-state index contributed by atoms with van der Waals surface area (Å²) in [7, 11) is 0. The molecule has 1 nitrogen and oxygen atoms in total. The first-order chi connectivity index (χ1) is 9.26. The van der Waals surface area contributed by atoms with Crippen LogP contribution in [0.2, 0.25) is 5.02 Å². The van der Waals surface area contributed by atoms with Gasteiger partial charge in [0.1, 0.15) is 0 Å². The third-order valence-electron chi connectivity index (χ3n) is 3.64. The molecule has 0 radical (unpaired) electrons. The molecule has 0 amide bonds. The second-order valence-electron chi connectivity index (χ2n) is 5.44. The average molecular weight is 283 g/mol. The summed E-state index contributed by atoms with van der Waals surface area (Å²) in [5, 5.41) is 10.3. The Morgan fingerprint density at radius 2 is 1.84 bits per heavy atom. The van der Waals surface area contributed by atoms with E-state index in [-0.39, 0.29) is 6.61 Å². The van der Waals surface area contributed by atoms with E-state index < -0.39 is 0 Å². The lowest BCUT2D eigenvalue weighted by molar-refractivity contribution is 0.214. The molecule has 1 aromatic carbocycles. The second kappa shape index (κ2) is 10.3. The maximum absolute atomic E-state index is 9.46. The summed E-state index contributed by atoms with van der Waals surface area (Å²) in [5.41, 5.74) is 1.23. The molecule has 0 saturated carbocycles. The predicted octanol–water partition coefficient (Wildman–Crippen LogP) is 5.24. The third kappa shape index (κ3) is 7.59. The molecule has 108 valence electrons. The molecule has 19 heavy (non-hydrogen) atoms. The molecule has 1 atom stereocenters. The molecule has 1 N–H and O–H groups in total. The maximum atomic E-state index is 9.46. The maximum Gasteiger partial charge on any atom is 0.0462 e. The molecule has 0 aliphatic carbocycles. The van der Waals surface area contributed by atoms with E-state index in [0.29, 0.717) is 5.92 Å². The zero-order valence-electron chi connectivity index (χ0n) is 12.1. The Bertz CT molecular complexity index is 338. The monoisotopic (exact) mass is 282 g/mol. The lowest BCUT2D eigenvalue weighted by atomic mass is 9.94. The van der Waals surface area contributed by atoms with Crippen LogP contribution in [0, 0.1) is 5.92 Å². The minimum absolute atomic E-state index is 0.279. The van der Waals surface area contributed by atoms with Crippen LogP contribution in [0.25, 0.3) is 0 Å². The van der Waals surface area contributed by atoms with Gasteiger partial charge in [-0.25, -0.2) is 0 Å². The predicted molar refractivity (Wildman–Crippen MR) is 83.7 cm³/mol. The van der Waals surface area contributed by atoms with Crippen LogP contribution in [-0.2, 0) is 6.42 Å². The van der Waals surface area contributed by atoms with Crippen molar-refractivity contribution in [2.45, 2.75) is 58.3 Å². The molecular formula is C17H27ClO. The molecule has 0 saturated heterocycles. The van der Waals surface area contributed by atoms with E-state index in [0.717, 1.165) is 17.9 Å². The van der Waals surface area contributed by atoms with Gasteiger partial charge in [-0.3, -0.25) is 0 Å². The Morgan fingerprint density at radius 1 is 1.11 bits per heavy atom. The minimum Gasteiger partial charge on any atom is -0.396 e. The van der Waals surface area contributed by atoms with E-state index >= 15 is 0 Å². The number of rotatable bonds is 10. The van der Waals surface area contributed by atoms with Gasteiger partial charge in [-0.1, -0.05) is 69.2 Å². The Labute approximate surface area is 123 Å². The lowest BCUT2D eigenvalue weighted by Crippen LogP contribution is -2.09. The van der Waals surface area contributed by atoms with Crippen LogP contribution in [0.1, 0.15) is 57.4 Å².